The Labute approximate surface area is 107 Å². The summed E-state index contributed by atoms with van der Waals surface area (Å²) >= 11 is 0. The number of amides is 1. The molecular formula is C13H18N2O3. The highest BCUT2D eigenvalue weighted by Gasteiger charge is 2.12. The molecule has 0 radical (unpaired) electrons. The number of carbonyl (C=O) groups is 2. The summed E-state index contributed by atoms with van der Waals surface area (Å²) in [4.78, 5) is 25.8. The summed E-state index contributed by atoms with van der Waals surface area (Å²) in [7, 11) is 5.21. The van der Waals surface area contributed by atoms with Crippen LogP contribution in [0.1, 0.15) is 15.9 Å². The van der Waals surface area contributed by atoms with E-state index in [4.69, 9.17) is 5.11 Å². The maximum Gasteiger partial charge on any atom is 0.335 e. The summed E-state index contributed by atoms with van der Waals surface area (Å²) in [6, 6.07) is 5.04. The van der Waals surface area contributed by atoms with Gasteiger partial charge in [0.25, 0.3) is 0 Å². The Morgan fingerprint density at radius 1 is 1.22 bits per heavy atom. The molecule has 5 heteroatoms. The second kappa shape index (κ2) is 5.53. The molecule has 0 aliphatic heterocycles. The van der Waals surface area contributed by atoms with Gasteiger partial charge >= 0.3 is 5.97 Å². The zero-order valence-corrected chi connectivity index (χ0v) is 11.1. The summed E-state index contributed by atoms with van der Waals surface area (Å²) in [5.41, 5.74) is 1.79. The van der Waals surface area contributed by atoms with Crippen molar-refractivity contribution < 1.29 is 14.7 Å². The van der Waals surface area contributed by atoms with Gasteiger partial charge in [-0.3, -0.25) is 4.79 Å². The molecule has 1 N–H and O–H groups in total. The predicted octanol–water partition coefficient (Wildman–Crippen LogP) is 1.22. The summed E-state index contributed by atoms with van der Waals surface area (Å²) in [6.07, 6.45) is 0. The molecule has 0 unspecified atom stereocenters. The summed E-state index contributed by atoms with van der Waals surface area (Å²) in [5.74, 6) is -0.941. The van der Waals surface area contributed by atoms with Gasteiger partial charge in [0.05, 0.1) is 12.1 Å². The van der Waals surface area contributed by atoms with E-state index in [2.05, 4.69) is 0 Å². The molecule has 0 saturated heterocycles. The van der Waals surface area contributed by atoms with Crippen LogP contribution in [0.2, 0.25) is 0 Å². The van der Waals surface area contributed by atoms with Crippen molar-refractivity contribution in [1.82, 2.24) is 4.90 Å². The van der Waals surface area contributed by atoms with Crippen molar-refractivity contribution in [3.05, 3.63) is 29.3 Å². The van der Waals surface area contributed by atoms with Gasteiger partial charge in [-0.05, 0) is 30.7 Å². The number of aryl methyl sites for hydroxylation is 1. The Morgan fingerprint density at radius 3 is 2.28 bits per heavy atom. The van der Waals surface area contributed by atoms with Crippen molar-refractivity contribution in [2.45, 2.75) is 6.92 Å². The highest BCUT2D eigenvalue weighted by molar-refractivity contribution is 5.90. The van der Waals surface area contributed by atoms with Gasteiger partial charge in [-0.2, -0.15) is 0 Å². The first-order valence-electron chi connectivity index (χ1n) is 5.58. The van der Waals surface area contributed by atoms with Crippen molar-refractivity contribution in [3.8, 4) is 0 Å². The number of aromatic carboxylic acids is 1. The van der Waals surface area contributed by atoms with Crippen molar-refractivity contribution in [2.75, 3.05) is 32.6 Å². The topological polar surface area (TPSA) is 60.9 Å². The molecule has 0 heterocycles. The minimum atomic E-state index is -0.939. The molecule has 0 saturated carbocycles. The van der Waals surface area contributed by atoms with Gasteiger partial charge in [0.2, 0.25) is 5.91 Å². The van der Waals surface area contributed by atoms with Gasteiger partial charge in [-0.1, -0.05) is 0 Å². The monoisotopic (exact) mass is 250 g/mol. The number of nitrogens with zero attached hydrogens (tertiary/aromatic N) is 2. The standard InChI is InChI=1S/C13H18N2O3/c1-9-7-10(5-6-11(9)13(17)18)15(4)8-12(16)14(2)3/h5-7H,8H2,1-4H3,(H,17,18). The number of carbonyl (C=O) groups excluding carboxylic acids is 1. The Kier molecular flexibility index (Phi) is 4.31. The molecule has 0 aromatic heterocycles. The van der Waals surface area contributed by atoms with Crippen LogP contribution in [-0.4, -0.2) is 49.6 Å². The summed E-state index contributed by atoms with van der Waals surface area (Å²) in [6.45, 7) is 2.01. The Morgan fingerprint density at radius 2 is 1.83 bits per heavy atom. The molecule has 0 atom stereocenters. The van der Waals surface area contributed by atoms with Crippen molar-refractivity contribution in [1.29, 1.82) is 0 Å². The van der Waals surface area contributed by atoms with Crippen LogP contribution >= 0.6 is 0 Å². The van der Waals surface area contributed by atoms with E-state index in [1.54, 1.807) is 51.2 Å². The van der Waals surface area contributed by atoms with Gasteiger partial charge < -0.3 is 14.9 Å². The largest absolute Gasteiger partial charge is 0.478 e. The number of carboxylic acid groups (broad SMARTS) is 1. The van der Waals surface area contributed by atoms with Crippen LogP contribution < -0.4 is 4.90 Å². The lowest BCUT2D eigenvalue weighted by atomic mass is 10.1. The second-order valence-corrected chi connectivity index (χ2v) is 4.45. The van der Waals surface area contributed by atoms with Crippen LogP contribution in [0.25, 0.3) is 0 Å². The molecule has 1 rings (SSSR count). The highest BCUT2D eigenvalue weighted by Crippen LogP contribution is 2.18. The molecule has 18 heavy (non-hydrogen) atoms. The lowest BCUT2D eigenvalue weighted by molar-refractivity contribution is -0.127. The molecule has 0 aliphatic carbocycles. The normalized spacial score (nSPS) is 10.0. The highest BCUT2D eigenvalue weighted by atomic mass is 16.4. The average Bonchev–Trinajstić information content (AvgIpc) is 2.27. The Balaban J connectivity index is 2.88. The van der Waals surface area contributed by atoms with Gasteiger partial charge in [-0.25, -0.2) is 4.79 Å². The van der Waals surface area contributed by atoms with Crippen LogP contribution in [0.3, 0.4) is 0 Å². The summed E-state index contributed by atoms with van der Waals surface area (Å²) < 4.78 is 0. The molecule has 0 fully saturated rings. The molecule has 5 nitrogen and oxygen atoms in total. The maximum atomic E-state index is 11.6. The number of anilines is 1. The zero-order chi connectivity index (χ0) is 13.9. The lowest BCUT2D eigenvalue weighted by Crippen LogP contribution is -2.34. The number of likely N-dealkylation sites (N-methyl/N-ethyl adjacent to an activating group) is 2. The first-order valence-corrected chi connectivity index (χ1v) is 5.58. The fourth-order valence-electron chi connectivity index (χ4n) is 1.56. The predicted molar refractivity (Wildman–Crippen MR) is 70.1 cm³/mol. The van der Waals surface area contributed by atoms with Crippen LogP contribution in [0.4, 0.5) is 5.69 Å². The van der Waals surface area contributed by atoms with E-state index in [1.165, 1.54) is 4.90 Å². The molecule has 1 aromatic carbocycles. The lowest BCUT2D eigenvalue weighted by Gasteiger charge is -2.21. The Hall–Kier alpha value is -2.04. The van der Waals surface area contributed by atoms with E-state index in [1.807, 2.05) is 0 Å². The molecule has 0 bridgehead atoms. The van der Waals surface area contributed by atoms with E-state index in [9.17, 15) is 9.59 Å². The third kappa shape index (κ3) is 3.23. The average molecular weight is 250 g/mol. The van der Waals surface area contributed by atoms with E-state index in [0.29, 0.717) is 5.56 Å². The number of benzene rings is 1. The van der Waals surface area contributed by atoms with Crippen molar-refractivity contribution >= 4 is 17.6 Å². The fraction of sp³-hybridized carbons (Fsp3) is 0.385. The van der Waals surface area contributed by atoms with Crippen molar-refractivity contribution in [2.24, 2.45) is 0 Å². The van der Waals surface area contributed by atoms with Crippen LogP contribution in [0.5, 0.6) is 0 Å². The van der Waals surface area contributed by atoms with Crippen molar-refractivity contribution in [3.63, 3.8) is 0 Å². The number of hydrogen-bond donors (Lipinski definition) is 1. The Bertz CT molecular complexity index is 469. The van der Waals surface area contributed by atoms with Gasteiger partial charge in [0.15, 0.2) is 0 Å². The molecular weight excluding hydrogens is 232 g/mol. The van der Waals surface area contributed by atoms with Gasteiger partial charge in [0, 0.05) is 26.8 Å². The molecule has 0 aliphatic rings. The number of carboxylic acids is 1. The van der Waals surface area contributed by atoms with Gasteiger partial charge in [-0.15, -0.1) is 0 Å². The van der Waals surface area contributed by atoms with E-state index >= 15 is 0 Å². The van der Waals surface area contributed by atoms with Crippen LogP contribution in [0.15, 0.2) is 18.2 Å². The number of rotatable bonds is 4. The summed E-state index contributed by atoms with van der Waals surface area (Å²) in [5, 5.41) is 8.94. The smallest absolute Gasteiger partial charge is 0.335 e. The SMILES string of the molecule is Cc1cc(N(C)CC(=O)N(C)C)ccc1C(=O)O. The maximum absolute atomic E-state index is 11.6. The molecule has 0 spiro atoms. The minimum Gasteiger partial charge on any atom is -0.478 e. The minimum absolute atomic E-state index is 0.00235. The van der Waals surface area contributed by atoms with Crippen LogP contribution in [0, 0.1) is 6.92 Å². The first-order chi connectivity index (χ1) is 8.32. The third-order valence-corrected chi connectivity index (χ3v) is 2.75. The van der Waals surface area contributed by atoms with Crippen LogP contribution in [-0.2, 0) is 4.79 Å². The zero-order valence-electron chi connectivity index (χ0n) is 11.1. The number of hydrogen-bond acceptors (Lipinski definition) is 3. The first kappa shape index (κ1) is 14.0. The fourth-order valence-corrected chi connectivity index (χ4v) is 1.56. The van der Waals surface area contributed by atoms with Gasteiger partial charge in [0.1, 0.15) is 0 Å². The third-order valence-electron chi connectivity index (χ3n) is 2.75. The van der Waals surface area contributed by atoms with E-state index in [0.717, 1.165) is 5.69 Å². The molecule has 1 amide bonds. The second-order valence-electron chi connectivity index (χ2n) is 4.45. The van der Waals surface area contributed by atoms with E-state index < -0.39 is 5.97 Å². The molecule has 98 valence electrons. The van der Waals surface area contributed by atoms with E-state index in [-0.39, 0.29) is 18.0 Å². The quantitative estimate of drug-likeness (QED) is 0.872. The molecule has 1 aromatic rings.